The van der Waals surface area contributed by atoms with Crippen molar-refractivity contribution >= 4 is 17.4 Å². The van der Waals surface area contributed by atoms with Crippen LogP contribution in [-0.4, -0.2) is 32.9 Å². The van der Waals surface area contributed by atoms with Crippen molar-refractivity contribution in [1.29, 1.82) is 0 Å². The lowest BCUT2D eigenvalue weighted by atomic mass is 9.91. The second kappa shape index (κ2) is 7.27. The van der Waals surface area contributed by atoms with Gasteiger partial charge in [0.25, 0.3) is 5.91 Å². The highest BCUT2D eigenvalue weighted by atomic mass is 16.1. The Kier molecular flexibility index (Phi) is 5.23. The minimum atomic E-state index is -0.0843. The molecule has 2 aromatic rings. The average Bonchev–Trinajstić information content (AvgIpc) is 2.93. The van der Waals surface area contributed by atoms with Crippen molar-refractivity contribution < 1.29 is 4.79 Å². The molecule has 0 spiro atoms. The molecule has 0 saturated heterocycles. The summed E-state index contributed by atoms with van der Waals surface area (Å²) in [5.74, 6) is 0.916. The first-order chi connectivity index (χ1) is 12.3. The highest BCUT2D eigenvalue weighted by Gasteiger charge is 2.24. The number of anilines is 1. The molecule has 26 heavy (non-hydrogen) atoms. The van der Waals surface area contributed by atoms with Gasteiger partial charge in [-0.25, -0.2) is 4.98 Å². The van der Waals surface area contributed by atoms with Gasteiger partial charge in [0.05, 0.1) is 11.3 Å². The number of nitrogens with two attached hydrogens (primary N) is 1. The number of hydrogen-bond acceptors (Lipinski definition) is 4. The van der Waals surface area contributed by atoms with E-state index in [0.717, 1.165) is 43.6 Å². The fraction of sp³-hybridized carbons (Fsp3) is 0.600. The van der Waals surface area contributed by atoms with Crippen molar-refractivity contribution in [3.8, 4) is 0 Å². The molecule has 6 heteroatoms. The Labute approximate surface area is 155 Å². The summed E-state index contributed by atoms with van der Waals surface area (Å²) in [5, 5.41) is 6.71. The van der Waals surface area contributed by atoms with Crippen molar-refractivity contribution in [1.82, 2.24) is 14.7 Å². The third-order valence-electron chi connectivity index (χ3n) is 4.90. The van der Waals surface area contributed by atoms with Crippen LogP contribution in [0.25, 0.3) is 5.65 Å². The Hall–Kier alpha value is -2.08. The second-order valence-electron chi connectivity index (χ2n) is 8.34. The molecule has 0 aromatic carbocycles. The predicted octanol–water partition coefficient (Wildman–Crippen LogP) is 3.11. The van der Waals surface area contributed by atoms with Crippen LogP contribution in [0.3, 0.4) is 0 Å². The lowest BCUT2D eigenvalue weighted by molar-refractivity contribution is 0.0927. The fourth-order valence-electron chi connectivity index (χ4n) is 3.55. The number of aromatic nitrogens is 2. The molecule has 1 fully saturated rings. The summed E-state index contributed by atoms with van der Waals surface area (Å²) >= 11 is 0. The lowest BCUT2D eigenvalue weighted by Crippen LogP contribution is -2.40. The molecular weight excluding hydrogens is 326 g/mol. The maximum atomic E-state index is 12.9. The van der Waals surface area contributed by atoms with Crippen LogP contribution in [0.4, 0.5) is 5.82 Å². The van der Waals surface area contributed by atoms with Gasteiger partial charge in [-0.2, -0.15) is 0 Å². The number of fused-ring (bicyclic) bond motifs is 1. The molecule has 2 heterocycles. The van der Waals surface area contributed by atoms with Gasteiger partial charge in [-0.1, -0.05) is 6.92 Å². The number of carbonyl (C=O) groups excluding carboxylic acids is 1. The van der Waals surface area contributed by atoms with Crippen LogP contribution in [0.5, 0.6) is 0 Å². The van der Waals surface area contributed by atoms with Crippen LogP contribution in [0.2, 0.25) is 0 Å². The van der Waals surface area contributed by atoms with E-state index in [1.807, 2.05) is 22.7 Å². The molecule has 1 amide bonds. The number of nitrogens with zero attached hydrogens (tertiary/aromatic N) is 2. The Morgan fingerprint density at radius 2 is 2.00 bits per heavy atom. The van der Waals surface area contributed by atoms with Crippen LogP contribution in [0.15, 0.2) is 18.3 Å². The van der Waals surface area contributed by atoms with Gasteiger partial charge in [-0.3, -0.25) is 9.20 Å². The van der Waals surface area contributed by atoms with Crippen LogP contribution in [0, 0.1) is 0 Å². The minimum absolute atomic E-state index is 0.0500. The smallest absolute Gasteiger partial charge is 0.255 e. The Bertz CT molecular complexity index is 781. The summed E-state index contributed by atoms with van der Waals surface area (Å²) in [5.41, 5.74) is 8.19. The molecule has 0 aliphatic heterocycles. The lowest BCUT2D eigenvalue weighted by Gasteiger charge is -2.26. The zero-order chi connectivity index (χ0) is 18.9. The predicted molar refractivity (Wildman–Crippen MR) is 106 cm³/mol. The molecule has 2 aromatic heterocycles. The number of hydrogen-bond donors (Lipinski definition) is 3. The van der Waals surface area contributed by atoms with E-state index < -0.39 is 0 Å². The minimum Gasteiger partial charge on any atom is -0.365 e. The molecule has 1 aliphatic rings. The number of pyridine rings is 1. The third-order valence-corrected chi connectivity index (χ3v) is 4.90. The number of amides is 1. The highest BCUT2D eigenvalue weighted by molar-refractivity contribution is 6.00. The van der Waals surface area contributed by atoms with Crippen molar-refractivity contribution in [2.24, 2.45) is 5.73 Å². The van der Waals surface area contributed by atoms with Gasteiger partial charge in [0.2, 0.25) is 0 Å². The summed E-state index contributed by atoms with van der Waals surface area (Å²) in [6.07, 6.45) is 6.60. The van der Waals surface area contributed by atoms with E-state index in [9.17, 15) is 4.79 Å². The zero-order valence-corrected chi connectivity index (χ0v) is 16.3. The normalized spacial score (nSPS) is 21.0. The van der Waals surface area contributed by atoms with Crippen molar-refractivity contribution in [2.45, 2.75) is 77.4 Å². The van der Waals surface area contributed by atoms with Crippen molar-refractivity contribution in [3.05, 3.63) is 29.6 Å². The number of rotatable bonds is 4. The van der Waals surface area contributed by atoms with Crippen LogP contribution in [0.1, 0.15) is 69.4 Å². The highest BCUT2D eigenvalue weighted by Crippen LogP contribution is 2.25. The van der Waals surface area contributed by atoms with Crippen LogP contribution < -0.4 is 16.4 Å². The van der Waals surface area contributed by atoms with E-state index in [4.69, 9.17) is 10.7 Å². The summed E-state index contributed by atoms with van der Waals surface area (Å²) < 4.78 is 2.00. The fourth-order valence-corrected chi connectivity index (χ4v) is 3.55. The van der Waals surface area contributed by atoms with Gasteiger partial charge in [0.1, 0.15) is 5.82 Å². The monoisotopic (exact) mass is 357 g/mol. The van der Waals surface area contributed by atoms with Crippen LogP contribution >= 0.6 is 0 Å². The first-order valence-corrected chi connectivity index (χ1v) is 9.63. The van der Waals surface area contributed by atoms with E-state index in [-0.39, 0.29) is 23.5 Å². The van der Waals surface area contributed by atoms with Crippen molar-refractivity contribution in [3.63, 3.8) is 0 Å². The van der Waals surface area contributed by atoms with E-state index in [1.54, 1.807) is 0 Å². The number of carbonyl (C=O) groups is 1. The van der Waals surface area contributed by atoms with Crippen LogP contribution in [-0.2, 0) is 6.42 Å². The van der Waals surface area contributed by atoms with Gasteiger partial charge in [0, 0.05) is 23.8 Å². The standard InChI is InChI=1S/C20H31N5O/c1-5-16-18(24-20(2,3)4)25-12-6-7-15(17(25)23-16)19(26)22-14-10-8-13(21)9-11-14/h6-7,12-14,24H,5,8-11,21H2,1-4H3,(H,22,26). The molecule has 0 bridgehead atoms. The first-order valence-electron chi connectivity index (χ1n) is 9.63. The largest absolute Gasteiger partial charge is 0.365 e. The molecule has 4 N–H and O–H groups in total. The summed E-state index contributed by atoms with van der Waals surface area (Å²) in [6.45, 7) is 8.45. The summed E-state index contributed by atoms with van der Waals surface area (Å²) in [6, 6.07) is 4.24. The average molecular weight is 358 g/mol. The quantitative estimate of drug-likeness (QED) is 0.785. The third kappa shape index (κ3) is 4.01. The molecule has 3 rings (SSSR count). The van der Waals surface area contributed by atoms with Gasteiger partial charge in [-0.05, 0) is 65.0 Å². The first kappa shape index (κ1) is 18.7. The van der Waals surface area contributed by atoms with Gasteiger partial charge >= 0.3 is 0 Å². The molecule has 0 unspecified atom stereocenters. The summed E-state index contributed by atoms with van der Waals surface area (Å²) in [7, 11) is 0. The van der Waals surface area contributed by atoms with Gasteiger partial charge in [-0.15, -0.1) is 0 Å². The molecule has 1 saturated carbocycles. The maximum Gasteiger partial charge on any atom is 0.255 e. The number of nitrogens with one attached hydrogen (secondary N) is 2. The number of imidazole rings is 1. The Morgan fingerprint density at radius 1 is 1.31 bits per heavy atom. The molecule has 6 nitrogen and oxygen atoms in total. The maximum absolute atomic E-state index is 12.9. The molecule has 1 aliphatic carbocycles. The van der Waals surface area contributed by atoms with E-state index >= 15 is 0 Å². The number of aryl methyl sites for hydroxylation is 1. The topological polar surface area (TPSA) is 84.5 Å². The van der Waals surface area contributed by atoms with E-state index in [1.165, 1.54) is 0 Å². The Balaban J connectivity index is 1.90. The molecular formula is C20H31N5O. The molecule has 142 valence electrons. The molecule has 0 atom stereocenters. The van der Waals surface area contributed by atoms with Crippen molar-refractivity contribution in [2.75, 3.05) is 5.32 Å². The Morgan fingerprint density at radius 3 is 2.62 bits per heavy atom. The van der Waals surface area contributed by atoms with Gasteiger partial charge in [0.15, 0.2) is 5.65 Å². The van der Waals surface area contributed by atoms with Gasteiger partial charge < -0.3 is 16.4 Å². The zero-order valence-electron chi connectivity index (χ0n) is 16.3. The molecule has 0 radical (unpaired) electrons. The SMILES string of the molecule is CCc1nc2c(C(=O)NC3CCC(N)CC3)cccn2c1NC(C)(C)C. The van der Waals surface area contributed by atoms with E-state index in [0.29, 0.717) is 11.2 Å². The van der Waals surface area contributed by atoms with E-state index in [2.05, 4.69) is 38.3 Å². The summed E-state index contributed by atoms with van der Waals surface area (Å²) in [4.78, 5) is 17.6. The second-order valence-corrected chi connectivity index (χ2v) is 8.34.